The summed E-state index contributed by atoms with van der Waals surface area (Å²) in [4.78, 5) is 27.1. The van der Waals surface area contributed by atoms with Crippen molar-refractivity contribution in [1.29, 1.82) is 0 Å². The van der Waals surface area contributed by atoms with Crippen LogP contribution in [0.25, 0.3) is 28.0 Å². The number of benzene rings is 2. The molecule has 0 N–H and O–H groups in total. The Balaban J connectivity index is 1.53. The van der Waals surface area contributed by atoms with Crippen molar-refractivity contribution in [3.63, 3.8) is 0 Å². The third-order valence-electron chi connectivity index (χ3n) is 6.82. The van der Waals surface area contributed by atoms with Crippen molar-refractivity contribution in [3.8, 4) is 23.0 Å². The van der Waals surface area contributed by atoms with Gasteiger partial charge in [0, 0.05) is 18.0 Å². The lowest BCUT2D eigenvalue weighted by Gasteiger charge is -2.27. The number of nitrogens with zero attached hydrogens (tertiary/aromatic N) is 5. The van der Waals surface area contributed by atoms with Crippen LogP contribution in [-0.2, 0) is 0 Å². The van der Waals surface area contributed by atoms with Crippen LogP contribution < -0.4 is 10.4 Å². The zero-order valence-corrected chi connectivity index (χ0v) is 20.1. The van der Waals surface area contributed by atoms with E-state index in [1.807, 2.05) is 30.3 Å². The molecule has 0 saturated carbocycles. The number of rotatable bonds is 3. The van der Waals surface area contributed by atoms with E-state index in [1.54, 1.807) is 29.3 Å². The highest BCUT2D eigenvalue weighted by molar-refractivity contribution is 5.87. The first kappa shape index (κ1) is 21.4. The Hall–Kier alpha value is -4.85. The highest BCUT2D eigenvalue weighted by atomic mass is 16.5. The van der Waals surface area contributed by atoms with Crippen molar-refractivity contribution in [2.24, 2.45) is 0 Å². The summed E-state index contributed by atoms with van der Waals surface area (Å²) >= 11 is 0. The molecule has 0 amide bonds. The average Bonchev–Trinajstić information content (AvgIpc) is 3.37. The normalized spacial score (nSPS) is 14.5. The second-order valence-corrected chi connectivity index (χ2v) is 9.39. The van der Waals surface area contributed by atoms with Crippen LogP contribution in [0.4, 0.5) is 0 Å². The highest BCUT2D eigenvalue weighted by Gasteiger charge is 2.37. The number of pyridine rings is 1. The van der Waals surface area contributed by atoms with Crippen LogP contribution in [0.2, 0.25) is 0 Å². The van der Waals surface area contributed by atoms with Crippen molar-refractivity contribution in [2.75, 3.05) is 0 Å². The Morgan fingerprint density at radius 2 is 1.81 bits per heavy atom. The van der Waals surface area contributed by atoms with Crippen molar-refractivity contribution >= 4 is 16.6 Å². The standard InChI is InChI=1S/C29H21N5O3/c1-16(2)17-9-11-18(12-10-17)22-23-25(20-7-3-4-8-21(20)36-29(23)35)37-28-24(22)27-32-26(33-34(27)15-31-28)19-6-5-13-30-14-19/h3-16,22H,1-2H3. The Labute approximate surface area is 211 Å². The molecule has 0 radical (unpaired) electrons. The summed E-state index contributed by atoms with van der Waals surface area (Å²) in [7, 11) is 0. The van der Waals surface area contributed by atoms with E-state index in [1.165, 1.54) is 5.56 Å². The number of hydrogen-bond acceptors (Lipinski definition) is 7. The highest BCUT2D eigenvalue weighted by Crippen LogP contribution is 2.48. The Morgan fingerprint density at radius 1 is 0.973 bits per heavy atom. The Morgan fingerprint density at radius 3 is 2.59 bits per heavy atom. The molecule has 6 aromatic rings. The maximum Gasteiger partial charge on any atom is 0.344 e. The van der Waals surface area contributed by atoms with Gasteiger partial charge in [-0.05, 0) is 41.3 Å². The van der Waals surface area contributed by atoms with Crippen LogP contribution in [0.3, 0.4) is 0 Å². The number of ether oxygens (including phenoxy) is 1. The molecule has 4 aromatic heterocycles. The van der Waals surface area contributed by atoms with Crippen molar-refractivity contribution in [2.45, 2.75) is 25.7 Å². The van der Waals surface area contributed by atoms with Gasteiger partial charge in [0.25, 0.3) is 0 Å². The van der Waals surface area contributed by atoms with Gasteiger partial charge < -0.3 is 9.15 Å². The van der Waals surface area contributed by atoms with E-state index in [9.17, 15) is 4.79 Å². The topological polar surface area (TPSA) is 95.4 Å². The zero-order chi connectivity index (χ0) is 25.1. The first-order chi connectivity index (χ1) is 18.1. The molecule has 0 fully saturated rings. The van der Waals surface area contributed by atoms with E-state index < -0.39 is 11.5 Å². The van der Waals surface area contributed by atoms with Gasteiger partial charge in [-0.15, -0.1) is 5.10 Å². The number of para-hydroxylation sites is 1. The summed E-state index contributed by atoms with van der Waals surface area (Å²) in [6.07, 6.45) is 5.00. The SMILES string of the molecule is CC(C)c1ccc(C2c3c(c4ccccc4oc3=O)Oc3ncn4nc(-c5cccnc5)nc4c32)cc1. The van der Waals surface area contributed by atoms with Gasteiger partial charge in [0.2, 0.25) is 5.88 Å². The molecule has 2 aromatic carbocycles. The van der Waals surface area contributed by atoms with Gasteiger partial charge in [-0.3, -0.25) is 4.98 Å². The Bertz CT molecular complexity index is 1860. The molecule has 0 spiro atoms. The summed E-state index contributed by atoms with van der Waals surface area (Å²) in [6.45, 7) is 4.30. The lowest BCUT2D eigenvalue weighted by atomic mass is 9.83. The summed E-state index contributed by atoms with van der Waals surface area (Å²) in [5, 5.41) is 5.34. The van der Waals surface area contributed by atoms with Crippen LogP contribution in [-0.4, -0.2) is 24.6 Å². The smallest absolute Gasteiger partial charge is 0.344 e. The number of fused-ring (bicyclic) bond motifs is 6. The van der Waals surface area contributed by atoms with Crippen LogP contribution >= 0.6 is 0 Å². The van der Waals surface area contributed by atoms with Gasteiger partial charge in [0.15, 0.2) is 17.2 Å². The molecular formula is C29H21N5O3. The quantitative estimate of drug-likeness (QED) is 0.295. The van der Waals surface area contributed by atoms with Crippen molar-refractivity contribution in [1.82, 2.24) is 24.6 Å². The van der Waals surface area contributed by atoms with Crippen LogP contribution in [0.5, 0.6) is 11.6 Å². The lowest BCUT2D eigenvalue weighted by molar-refractivity contribution is 0.422. The predicted molar refractivity (Wildman–Crippen MR) is 138 cm³/mol. The van der Waals surface area contributed by atoms with Gasteiger partial charge in [-0.2, -0.15) is 0 Å². The van der Waals surface area contributed by atoms with Crippen LogP contribution in [0.15, 0.2) is 88.6 Å². The molecule has 8 heteroatoms. The van der Waals surface area contributed by atoms with E-state index in [2.05, 4.69) is 53.2 Å². The van der Waals surface area contributed by atoms with Gasteiger partial charge in [0.1, 0.15) is 11.9 Å². The van der Waals surface area contributed by atoms with Crippen LogP contribution in [0.1, 0.15) is 47.9 Å². The zero-order valence-electron chi connectivity index (χ0n) is 20.1. The fourth-order valence-corrected chi connectivity index (χ4v) is 4.95. The predicted octanol–water partition coefficient (Wildman–Crippen LogP) is 5.70. The molecule has 5 heterocycles. The van der Waals surface area contributed by atoms with Crippen molar-refractivity contribution < 1.29 is 9.15 Å². The van der Waals surface area contributed by atoms with E-state index in [-0.39, 0.29) is 0 Å². The van der Waals surface area contributed by atoms with Gasteiger partial charge in [-0.1, -0.05) is 50.2 Å². The molecule has 1 aliphatic heterocycles. The fourth-order valence-electron chi connectivity index (χ4n) is 4.95. The lowest BCUT2D eigenvalue weighted by Crippen LogP contribution is -2.22. The molecule has 8 nitrogen and oxygen atoms in total. The van der Waals surface area contributed by atoms with E-state index >= 15 is 0 Å². The molecule has 1 unspecified atom stereocenters. The Kier molecular flexibility index (Phi) is 4.69. The first-order valence-corrected chi connectivity index (χ1v) is 12.1. The molecule has 37 heavy (non-hydrogen) atoms. The summed E-state index contributed by atoms with van der Waals surface area (Å²) in [6, 6.07) is 19.4. The second-order valence-electron chi connectivity index (χ2n) is 9.39. The molecule has 180 valence electrons. The fraction of sp³-hybridized carbons (Fsp3) is 0.138. The maximum atomic E-state index is 13.5. The molecule has 0 saturated heterocycles. The van der Waals surface area contributed by atoms with Gasteiger partial charge >= 0.3 is 5.63 Å². The molecule has 1 atom stereocenters. The van der Waals surface area contributed by atoms with E-state index in [4.69, 9.17) is 14.1 Å². The van der Waals surface area contributed by atoms with E-state index in [0.29, 0.717) is 51.1 Å². The number of aromatic nitrogens is 5. The van der Waals surface area contributed by atoms with E-state index in [0.717, 1.165) is 11.1 Å². The van der Waals surface area contributed by atoms with Crippen molar-refractivity contribution in [3.05, 3.63) is 112 Å². The summed E-state index contributed by atoms with van der Waals surface area (Å²) in [5.41, 5.74) is 4.55. The maximum absolute atomic E-state index is 13.5. The third-order valence-corrected chi connectivity index (χ3v) is 6.82. The summed E-state index contributed by atoms with van der Waals surface area (Å²) < 4.78 is 13.7. The van der Waals surface area contributed by atoms with Gasteiger partial charge in [0.05, 0.1) is 22.4 Å². The van der Waals surface area contributed by atoms with Crippen LogP contribution in [0, 0.1) is 0 Å². The first-order valence-electron chi connectivity index (χ1n) is 12.1. The monoisotopic (exact) mass is 487 g/mol. The minimum absolute atomic E-state index is 0.379. The molecule has 7 rings (SSSR count). The molecular weight excluding hydrogens is 466 g/mol. The third kappa shape index (κ3) is 3.33. The number of hydrogen-bond donors (Lipinski definition) is 0. The minimum atomic E-state index is -0.511. The van der Waals surface area contributed by atoms with Gasteiger partial charge in [-0.25, -0.2) is 19.3 Å². The molecule has 0 aliphatic carbocycles. The second kappa shape index (κ2) is 8.09. The average molecular weight is 488 g/mol. The molecule has 1 aliphatic rings. The largest absolute Gasteiger partial charge is 0.437 e. The molecule has 0 bridgehead atoms. The summed E-state index contributed by atoms with van der Waals surface area (Å²) in [5.74, 6) is 1.22. The minimum Gasteiger partial charge on any atom is -0.437 e.